The molecule has 2 rings (SSSR count). The predicted molar refractivity (Wildman–Crippen MR) is 72.8 cm³/mol. The Balaban J connectivity index is 2.04. The van der Waals surface area contributed by atoms with E-state index in [1.54, 1.807) is 23.3 Å². The molecule has 17 heavy (non-hydrogen) atoms. The highest BCUT2D eigenvalue weighted by Crippen LogP contribution is 2.00. The number of halogens is 1. The molecule has 0 radical (unpaired) electrons. The highest BCUT2D eigenvalue weighted by atomic mass is 127. The third kappa shape index (κ3) is 2.93. The fourth-order valence-electron chi connectivity index (χ4n) is 1.64. The molecule has 90 valence electrons. The molecular weight excluding hydrogens is 331 g/mol. The molecule has 0 saturated heterocycles. The van der Waals surface area contributed by atoms with Gasteiger partial charge in [-0.3, -0.25) is 9.36 Å². The van der Waals surface area contributed by atoms with Gasteiger partial charge in [-0.2, -0.15) is 0 Å². The maximum absolute atomic E-state index is 11.9. The largest absolute Gasteiger partial charge is 0.337 e. The summed E-state index contributed by atoms with van der Waals surface area (Å²) < 4.78 is 4.39. The molecule has 0 aliphatic rings. The summed E-state index contributed by atoms with van der Waals surface area (Å²) in [4.78, 5) is 20.0. The molecule has 0 bridgehead atoms. The lowest BCUT2D eigenvalue weighted by Crippen LogP contribution is -2.26. The number of imidazole rings is 1. The molecule has 5 nitrogen and oxygen atoms in total. The van der Waals surface area contributed by atoms with E-state index in [1.807, 2.05) is 40.3 Å². The number of rotatable bonds is 4. The van der Waals surface area contributed by atoms with E-state index in [4.69, 9.17) is 0 Å². The van der Waals surface area contributed by atoms with Crippen LogP contribution in [-0.4, -0.2) is 19.1 Å². The van der Waals surface area contributed by atoms with Gasteiger partial charge in [0.2, 0.25) is 0 Å². The molecule has 2 aromatic rings. The minimum atomic E-state index is 0.0451. The van der Waals surface area contributed by atoms with Crippen molar-refractivity contribution in [1.82, 2.24) is 19.1 Å². The highest BCUT2D eigenvalue weighted by molar-refractivity contribution is 14.1. The van der Waals surface area contributed by atoms with Crippen LogP contribution in [-0.2, 0) is 13.1 Å². The van der Waals surface area contributed by atoms with Crippen molar-refractivity contribution in [1.29, 1.82) is 0 Å². The Kier molecular flexibility index (Phi) is 3.93. The van der Waals surface area contributed by atoms with Gasteiger partial charge in [-0.15, -0.1) is 0 Å². The van der Waals surface area contributed by atoms with Crippen LogP contribution in [0.15, 0.2) is 29.7 Å². The molecule has 2 heterocycles. The molecule has 0 N–H and O–H groups in total. The zero-order chi connectivity index (χ0) is 12.3. The topological polar surface area (TPSA) is 52.7 Å². The molecule has 0 fully saturated rings. The molecule has 6 heteroatoms. The average Bonchev–Trinajstić information content (AvgIpc) is 2.81. The first-order valence-corrected chi connectivity index (χ1v) is 6.44. The van der Waals surface area contributed by atoms with Crippen LogP contribution >= 0.6 is 22.6 Å². The quantitative estimate of drug-likeness (QED) is 0.789. The molecular formula is C11H13IN4O. The maximum atomic E-state index is 11.9. The molecule has 0 aliphatic heterocycles. The van der Waals surface area contributed by atoms with Crippen LogP contribution in [0, 0.1) is 10.5 Å². The van der Waals surface area contributed by atoms with Gasteiger partial charge < -0.3 is 4.57 Å². The highest BCUT2D eigenvalue weighted by Gasteiger charge is 2.04. The third-order valence-electron chi connectivity index (χ3n) is 2.56. The number of aryl methyl sites for hydroxylation is 2. The zero-order valence-electron chi connectivity index (χ0n) is 9.51. The molecule has 0 aliphatic carbocycles. The van der Waals surface area contributed by atoms with Crippen molar-refractivity contribution in [3.05, 3.63) is 44.7 Å². The lowest BCUT2D eigenvalue weighted by atomic mass is 10.4. The van der Waals surface area contributed by atoms with Crippen molar-refractivity contribution in [3.63, 3.8) is 0 Å². The van der Waals surface area contributed by atoms with E-state index in [0.29, 0.717) is 10.1 Å². The van der Waals surface area contributed by atoms with Gasteiger partial charge in [-0.25, -0.2) is 9.97 Å². The van der Waals surface area contributed by atoms with E-state index in [9.17, 15) is 4.79 Å². The molecule has 0 aromatic carbocycles. The third-order valence-corrected chi connectivity index (χ3v) is 3.30. The van der Waals surface area contributed by atoms with Crippen LogP contribution < -0.4 is 5.56 Å². The van der Waals surface area contributed by atoms with Crippen molar-refractivity contribution < 1.29 is 0 Å². The van der Waals surface area contributed by atoms with E-state index in [-0.39, 0.29) is 5.56 Å². The SMILES string of the molecule is Cc1ncc(I)c(=O)n1CCCn1ccnc1. The van der Waals surface area contributed by atoms with Gasteiger partial charge >= 0.3 is 0 Å². The second-order valence-corrected chi connectivity index (χ2v) is 4.93. The second-order valence-electron chi connectivity index (χ2n) is 3.76. The molecule has 0 amide bonds. The van der Waals surface area contributed by atoms with Crippen LogP contribution in [0.1, 0.15) is 12.2 Å². The van der Waals surface area contributed by atoms with Crippen molar-refractivity contribution in [3.8, 4) is 0 Å². The van der Waals surface area contributed by atoms with E-state index >= 15 is 0 Å². The average molecular weight is 344 g/mol. The Labute approximate surface area is 113 Å². The summed E-state index contributed by atoms with van der Waals surface area (Å²) >= 11 is 2.02. The number of hydrogen-bond acceptors (Lipinski definition) is 3. The first-order valence-electron chi connectivity index (χ1n) is 5.36. The minimum absolute atomic E-state index is 0.0451. The lowest BCUT2D eigenvalue weighted by Gasteiger charge is -2.09. The van der Waals surface area contributed by atoms with Gasteiger partial charge in [0.1, 0.15) is 5.82 Å². The number of hydrogen-bond donors (Lipinski definition) is 0. The second kappa shape index (κ2) is 5.44. The lowest BCUT2D eigenvalue weighted by molar-refractivity contribution is 0.535. The van der Waals surface area contributed by atoms with Crippen LogP contribution in [0.3, 0.4) is 0 Å². The molecule has 0 atom stereocenters. The standard InChI is InChI=1S/C11H13IN4O/c1-9-14-7-10(12)11(17)16(9)5-2-4-15-6-3-13-8-15/h3,6-8H,2,4-5H2,1H3. The fourth-order valence-corrected chi connectivity index (χ4v) is 2.08. The van der Waals surface area contributed by atoms with Gasteiger partial charge in [0.25, 0.3) is 5.56 Å². The van der Waals surface area contributed by atoms with Crippen LogP contribution in [0.2, 0.25) is 0 Å². The maximum Gasteiger partial charge on any atom is 0.266 e. The first kappa shape index (κ1) is 12.3. The monoisotopic (exact) mass is 344 g/mol. The van der Waals surface area contributed by atoms with Gasteiger partial charge in [0, 0.05) is 31.7 Å². The molecule has 2 aromatic heterocycles. The van der Waals surface area contributed by atoms with Gasteiger partial charge in [-0.1, -0.05) is 0 Å². The van der Waals surface area contributed by atoms with Gasteiger partial charge in [0.05, 0.1) is 9.90 Å². The van der Waals surface area contributed by atoms with Crippen molar-refractivity contribution in [2.45, 2.75) is 26.4 Å². The van der Waals surface area contributed by atoms with Crippen LogP contribution in [0.25, 0.3) is 0 Å². The van der Waals surface area contributed by atoms with Gasteiger partial charge in [0.15, 0.2) is 0 Å². The number of aromatic nitrogens is 4. The van der Waals surface area contributed by atoms with E-state index in [2.05, 4.69) is 9.97 Å². The normalized spacial score (nSPS) is 10.7. The van der Waals surface area contributed by atoms with E-state index in [1.165, 1.54) is 0 Å². The van der Waals surface area contributed by atoms with Crippen molar-refractivity contribution in [2.75, 3.05) is 0 Å². The number of nitrogens with zero attached hydrogens (tertiary/aromatic N) is 4. The van der Waals surface area contributed by atoms with Crippen LogP contribution in [0.5, 0.6) is 0 Å². The Morgan fingerprint density at radius 2 is 2.24 bits per heavy atom. The molecule has 0 spiro atoms. The summed E-state index contributed by atoms with van der Waals surface area (Å²) in [5.41, 5.74) is 0.0451. The minimum Gasteiger partial charge on any atom is -0.337 e. The van der Waals surface area contributed by atoms with E-state index < -0.39 is 0 Å². The Bertz CT molecular complexity index is 547. The first-order chi connectivity index (χ1) is 8.18. The Morgan fingerprint density at radius 1 is 1.41 bits per heavy atom. The summed E-state index contributed by atoms with van der Waals surface area (Å²) in [6.45, 7) is 3.40. The summed E-state index contributed by atoms with van der Waals surface area (Å²) in [6, 6.07) is 0. The fraction of sp³-hybridized carbons (Fsp3) is 0.364. The Hall–Kier alpha value is -1.18. The molecule has 0 saturated carbocycles. The predicted octanol–water partition coefficient (Wildman–Crippen LogP) is 1.44. The summed E-state index contributed by atoms with van der Waals surface area (Å²) in [5, 5.41) is 0. The molecule has 0 unspecified atom stereocenters. The summed E-state index contributed by atoms with van der Waals surface area (Å²) in [5.74, 6) is 0.765. The Morgan fingerprint density at radius 3 is 2.94 bits per heavy atom. The van der Waals surface area contributed by atoms with Gasteiger partial charge in [-0.05, 0) is 35.9 Å². The smallest absolute Gasteiger partial charge is 0.266 e. The van der Waals surface area contributed by atoms with Crippen molar-refractivity contribution in [2.24, 2.45) is 0 Å². The summed E-state index contributed by atoms with van der Waals surface area (Å²) in [6.07, 6.45) is 7.96. The van der Waals surface area contributed by atoms with Crippen LogP contribution in [0.4, 0.5) is 0 Å². The zero-order valence-corrected chi connectivity index (χ0v) is 11.7. The summed E-state index contributed by atoms with van der Waals surface area (Å²) in [7, 11) is 0. The van der Waals surface area contributed by atoms with E-state index in [0.717, 1.165) is 18.8 Å². The van der Waals surface area contributed by atoms with Crippen molar-refractivity contribution >= 4 is 22.6 Å².